The summed E-state index contributed by atoms with van der Waals surface area (Å²) in [5, 5.41) is 9.02. The summed E-state index contributed by atoms with van der Waals surface area (Å²) in [6.45, 7) is 0.802. The molecule has 6 heteroatoms. The molecule has 0 saturated carbocycles. The molecule has 0 amide bonds. The van der Waals surface area contributed by atoms with Gasteiger partial charge in [0.25, 0.3) is 0 Å². The minimum Gasteiger partial charge on any atom is -0.357 e. The third-order valence-electron chi connectivity index (χ3n) is 5.32. The molecule has 5 rings (SSSR count). The van der Waals surface area contributed by atoms with Crippen LogP contribution in [0.2, 0.25) is 0 Å². The highest BCUT2D eigenvalue weighted by Gasteiger charge is 2.25. The predicted octanol–water partition coefficient (Wildman–Crippen LogP) is 5.39. The Balaban J connectivity index is 1.13. The standard InChI is InChI=1S/C24H24N4S2/c1-2-6-18(7-3-1)21-16-29-24(28-21)26-19-12-10-17(11-13-19)14-15-25-23-27-20-8-4-5-9-22(20)30-23/h1-7,9-13,20-21H,8,14-16H2,(H,25,27)(H,26,28)/t20?,21-/m1/s1. The Morgan fingerprint density at radius 2 is 1.97 bits per heavy atom. The quantitative estimate of drug-likeness (QED) is 0.665. The smallest absolute Gasteiger partial charge is 0.161 e. The fourth-order valence-corrected chi connectivity index (χ4v) is 5.66. The van der Waals surface area contributed by atoms with Crippen molar-refractivity contribution in [2.24, 2.45) is 9.98 Å². The maximum Gasteiger partial charge on any atom is 0.161 e. The Labute approximate surface area is 186 Å². The van der Waals surface area contributed by atoms with Crippen LogP contribution in [0.15, 0.2) is 87.7 Å². The lowest BCUT2D eigenvalue weighted by Gasteiger charge is -2.10. The molecule has 0 radical (unpaired) electrons. The molecule has 2 atom stereocenters. The first-order chi connectivity index (χ1) is 14.8. The van der Waals surface area contributed by atoms with Gasteiger partial charge >= 0.3 is 0 Å². The average Bonchev–Trinajstić information content (AvgIpc) is 3.42. The highest BCUT2D eigenvalue weighted by atomic mass is 32.2. The summed E-state index contributed by atoms with van der Waals surface area (Å²) in [5.41, 5.74) is 3.66. The van der Waals surface area contributed by atoms with Crippen LogP contribution in [-0.4, -0.2) is 28.7 Å². The van der Waals surface area contributed by atoms with Crippen molar-refractivity contribution in [3.63, 3.8) is 0 Å². The number of fused-ring (bicyclic) bond motifs is 1. The van der Waals surface area contributed by atoms with Crippen molar-refractivity contribution in [2.75, 3.05) is 17.6 Å². The van der Waals surface area contributed by atoms with Gasteiger partial charge in [-0.1, -0.05) is 84.2 Å². The minimum atomic E-state index is 0.245. The lowest BCUT2D eigenvalue weighted by Crippen LogP contribution is -2.26. The molecule has 1 aliphatic carbocycles. The fraction of sp³-hybridized carbons (Fsp3) is 0.250. The molecule has 152 valence electrons. The molecule has 2 aromatic carbocycles. The van der Waals surface area contributed by atoms with E-state index < -0.39 is 0 Å². The second kappa shape index (κ2) is 9.14. The Morgan fingerprint density at radius 3 is 2.80 bits per heavy atom. The van der Waals surface area contributed by atoms with Crippen molar-refractivity contribution in [1.82, 2.24) is 5.32 Å². The van der Waals surface area contributed by atoms with Crippen molar-refractivity contribution in [3.05, 3.63) is 88.9 Å². The molecular weight excluding hydrogens is 408 g/mol. The fourth-order valence-electron chi connectivity index (χ4n) is 3.67. The van der Waals surface area contributed by atoms with Gasteiger partial charge in [0.2, 0.25) is 0 Å². The largest absolute Gasteiger partial charge is 0.357 e. The number of rotatable bonds is 5. The van der Waals surface area contributed by atoms with Gasteiger partial charge in [0.05, 0.1) is 12.1 Å². The van der Waals surface area contributed by atoms with Gasteiger partial charge in [-0.15, -0.1) is 0 Å². The first kappa shape index (κ1) is 19.5. The van der Waals surface area contributed by atoms with Crippen LogP contribution < -0.4 is 10.6 Å². The number of thioether (sulfide) groups is 2. The first-order valence-corrected chi connectivity index (χ1v) is 12.1. The highest BCUT2D eigenvalue weighted by Crippen LogP contribution is 2.32. The molecule has 0 bridgehead atoms. The minimum absolute atomic E-state index is 0.245. The van der Waals surface area contributed by atoms with E-state index in [1.54, 1.807) is 23.5 Å². The van der Waals surface area contributed by atoms with Gasteiger partial charge in [-0.2, -0.15) is 0 Å². The van der Waals surface area contributed by atoms with Gasteiger partial charge in [0, 0.05) is 22.9 Å². The molecule has 2 aliphatic heterocycles. The summed E-state index contributed by atoms with van der Waals surface area (Å²) < 4.78 is 0. The molecule has 30 heavy (non-hydrogen) atoms. The van der Waals surface area contributed by atoms with Crippen LogP contribution in [0.4, 0.5) is 5.69 Å². The number of benzene rings is 2. The third kappa shape index (κ3) is 4.65. The third-order valence-corrected chi connectivity index (χ3v) is 7.38. The average molecular weight is 433 g/mol. The number of aliphatic imine (C=N–C) groups is 2. The van der Waals surface area contributed by atoms with Crippen LogP contribution in [-0.2, 0) is 6.42 Å². The van der Waals surface area contributed by atoms with E-state index in [1.165, 1.54) is 16.0 Å². The summed E-state index contributed by atoms with van der Waals surface area (Å²) in [5.74, 6) is 0.991. The van der Waals surface area contributed by atoms with Gasteiger partial charge in [0.15, 0.2) is 10.3 Å². The number of hydrogen-bond donors (Lipinski definition) is 2. The van der Waals surface area contributed by atoms with Crippen molar-refractivity contribution >= 4 is 39.5 Å². The number of nitrogens with one attached hydrogen (secondary N) is 2. The summed E-state index contributed by atoms with van der Waals surface area (Å²) in [4.78, 5) is 11.0. The predicted molar refractivity (Wildman–Crippen MR) is 132 cm³/mol. The SMILES string of the molecule is C1=CCC2NC(=NCCc3ccc(NC4=N[C@@H](c5ccccc5)CS4)cc3)SC2=C1. The molecular formula is C24H24N4S2. The maximum atomic E-state index is 4.83. The summed E-state index contributed by atoms with van der Waals surface area (Å²) in [7, 11) is 0. The molecule has 3 aliphatic rings. The summed E-state index contributed by atoms with van der Waals surface area (Å²) >= 11 is 3.56. The van der Waals surface area contributed by atoms with Crippen LogP contribution in [0, 0.1) is 0 Å². The van der Waals surface area contributed by atoms with E-state index in [0.29, 0.717) is 6.04 Å². The molecule has 0 spiro atoms. The molecule has 1 fully saturated rings. The van der Waals surface area contributed by atoms with Gasteiger partial charge < -0.3 is 10.6 Å². The number of anilines is 1. The number of hydrogen-bond acceptors (Lipinski definition) is 5. The van der Waals surface area contributed by atoms with E-state index in [1.807, 2.05) is 6.07 Å². The molecule has 1 unspecified atom stereocenters. The topological polar surface area (TPSA) is 48.8 Å². The van der Waals surface area contributed by atoms with Crippen molar-refractivity contribution < 1.29 is 0 Å². The molecule has 2 aromatic rings. The van der Waals surface area contributed by atoms with Gasteiger partial charge in [-0.3, -0.25) is 9.98 Å². The second-order valence-corrected chi connectivity index (χ2v) is 9.53. The second-order valence-electron chi connectivity index (χ2n) is 7.46. The molecule has 1 saturated heterocycles. The van der Waals surface area contributed by atoms with E-state index >= 15 is 0 Å². The van der Waals surface area contributed by atoms with Crippen LogP contribution in [0.1, 0.15) is 23.6 Å². The first-order valence-electron chi connectivity index (χ1n) is 10.3. The van der Waals surface area contributed by atoms with Gasteiger partial charge in [0.1, 0.15) is 0 Å². The highest BCUT2D eigenvalue weighted by molar-refractivity contribution is 8.17. The van der Waals surface area contributed by atoms with E-state index in [4.69, 9.17) is 9.98 Å². The lowest BCUT2D eigenvalue weighted by molar-refractivity contribution is 0.738. The van der Waals surface area contributed by atoms with E-state index in [9.17, 15) is 0 Å². The Kier molecular flexibility index (Phi) is 5.95. The Bertz CT molecular complexity index is 1010. The molecule has 0 aromatic heterocycles. The van der Waals surface area contributed by atoms with Crippen LogP contribution in [0.25, 0.3) is 0 Å². The van der Waals surface area contributed by atoms with Crippen molar-refractivity contribution in [2.45, 2.75) is 24.9 Å². The molecule has 2 heterocycles. The molecule has 2 N–H and O–H groups in total. The van der Waals surface area contributed by atoms with Gasteiger partial charge in [-0.05, 0) is 36.1 Å². The maximum absolute atomic E-state index is 4.83. The zero-order valence-electron chi connectivity index (χ0n) is 16.6. The normalized spacial score (nSPS) is 23.7. The number of allylic oxidation sites excluding steroid dienone is 2. The molecule has 4 nitrogen and oxygen atoms in total. The van der Waals surface area contributed by atoms with E-state index in [0.717, 1.165) is 41.2 Å². The Hall–Kier alpha value is -2.44. The van der Waals surface area contributed by atoms with Crippen molar-refractivity contribution in [3.8, 4) is 0 Å². The summed E-state index contributed by atoms with van der Waals surface area (Å²) in [6.07, 6.45) is 8.53. The monoisotopic (exact) mass is 432 g/mol. The summed E-state index contributed by atoms with van der Waals surface area (Å²) in [6, 6.07) is 19.8. The van der Waals surface area contributed by atoms with E-state index in [-0.39, 0.29) is 6.04 Å². The van der Waals surface area contributed by atoms with Crippen LogP contribution in [0.3, 0.4) is 0 Å². The van der Waals surface area contributed by atoms with Crippen LogP contribution in [0.5, 0.6) is 0 Å². The zero-order valence-corrected chi connectivity index (χ0v) is 18.3. The zero-order chi connectivity index (χ0) is 20.2. The van der Waals surface area contributed by atoms with Crippen molar-refractivity contribution in [1.29, 1.82) is 0 Å². The van der Waals surface area contributed by atoms with E-state index in [2.05, 4.69) is 77.4 Å². The van der Waals surface area contributed by atoms with Crippen LogP contribution >= 0.6 is 23.5 Å². The number of amidine groups is 2. The number of nitrogens with zero attached hydrogens (tertiary/aromatic N) is 2. The van der Waals surface area contributed by atoms with Gasteiger partial charge in [-0.25, -0.2) is 0 Å². The lowest BCUT2D eigenvalue weighted by atomic mass is 10.1. The Morgan fingerprint density at radius 1 is 1.10 bits per heavy atom.